The lowest BCUT2D eigenvalue weighted by Crippen LogP contribution is -2.39. The molecule has 0 saturated heterocycles. The third kappa shape index (κ3) is 3.08. The molecule has 1 aliphatic rings. The van der Waals surface area contributed by atoms with Crippen LogP contribution in [0.1, 0.15) is 43.9 Å². The van der Waals surface area contributed by atoms with Crippen LogP contribution in [-0.2, 0) is 11.2 Å². The first-order chi connectivity index (χ1) is 8.12. The van der Waals surface area contributed by atoms with Crippen molar-refractivity contribution in [2.75, 3.05) is 13.7 Å². The van der Waals surface area contributed by atoms with E-state index in [0.717, 1.165) is 6.54 Å². The highest BCUT2D eigenvalue weighted by Gasteiger charge is 2.22. The number of ether oxygens (including phenoxy) is 1. The van der Waals surface area contributed by atoms with Crippen LogP contribution in [0.5, 0.6) is 0 Å². The Balaban J connectivity index is 2.04. The largest absolute Gasteiger partial charge is 0.377 e. The van der Waals surface area contributed by atoms with Crippen LogP contribution in [0.2, 0.25) is 0 Å². The number of fused-ring (bicyclic) bond motifs is 1. The average Bonchev–Trinajstić information content (AvgIpc) is 2.36. The van der Waals surface area contributed by atoms with Crippen LogP contribution in [0.15, 0.2) is 24.3 Å². The summed E-state index contributed by atoms with van der Waals surface area (Å²) < 4.78 is 5.45. The summed E-state index contributed by atoms with van der Waals surface area (Å²) in [4.78, 5) is 0. The van der Waals surface area contributed by atoms with E-state index in [1.54, 1.807) is 7.11 Å². The van der Waals surface area contributed by atoms with Crippen molar-refractivity contribution in [3.63, 3.8) is 0 Å². The quantitative estimate of drug-likeness (QED) is 0.863. The van der Waals surface area contributed by atoms with Crippen molar-refractivity contribution >= 4 is 0 Å². The molecular formula is C15H23NO. The van der Waals surface area contributed by atoms with Crippen molar-refractivity contribution in [1.29, 1.82) is 0 Å². The smallest absolute Gasteiger partial charge is 0.0746 e. The van der Waals surface area contributed by atoms with Gasteiger partial charge < -0.3 is 10.1 Å². The Morgan fingerprint density at radius 1 is 1.35 bits per heavy atom. The van der Waals surface area contributed by atoms with Crippen LogP contribution < -0.4 is 5.32 Å². The molecule has 0 amide bonds. The molecule has 94 valence electrons. The van der Waals surface area contributed by atoms with Crippen LogP contribution in [0.4, 0.5) is 0 Å². The van der Waals surface area contributed by atoms with E-state index in [-0.39, 0.29) is 5.60 Å². The molecule has 1 aromatic rings. The fourth-order valence-corrected chi connectivity index (χ4v) is 2.41. The predicted octanol–water partition coefficient (Wildman–Crippen LogP) is 3.08. The number of rotatable bonds is 4. The second-order valence-electron chi connectivity index (χ2n) is 5.49. The molecule has 0 aromatic heterocycles. The fourth-order valence-electron chi connectivity index (χ4n) is 2.41. The van der Waals surface area contributed by atoms with Gasteiger partial charge in [-0.15, -0.1) is 0 Å². The van der Waals surface area contributed by atoms with Gasteiger partial charge in [-0.05, 0) is 44.2 Å². The summed E-state index contributed by atoms with van der Waals surface area (Å²) in [6, 6.07) is 9.28. The summed E-state index contributed by atoms with van der Waals surface area (Å²) in [5, 5.41) is 3.64. The number of aryl methyl sites for hydroxylation is 1. The van der Waals surface area contributed by atoms with E-state index >= 15 is 0 Å². The molecule has 2 heteroatoms. The maximum absolute atomic E-state index is 5.45. The minimum atomic E-state index is -0.0909. The maximum atomic E-state index is 5.45. The van der Waals surface area contributed by atoms with Crippen molar-refractivity contribution in [1.82, 2.24) is 5.32 Å². The summed E-state index contributed by atoms with van der Waals surface area (Å²) in [6.07, 6.45) is 3.74. The van der Waals surface area contributed by atoms with Gasteiger partial charge in [0.1, 0.15) is 0 Å². The third-order valence-corrected chi connectivity index (χ3v) is 3.70. The van der Waals surface area contributed by atoms with Crippen LogP contribution in [0.3, 0.4) is 0 Å². The second kappa shape index (κ2) is 5.19. The van der Waals surface area contributed by atoms with Crippen LogP contribution in [0.25, 0.3) is 0 Å². The average molecular weight is 233 g/mol. The molecule has 1 aliphatic carbocycles. The lowest BCUT2D eigenvalue weighted by molar-refractivity contribution is 0.0205. The van der Waals surface area contributed by atoms with Gasteiger partial charge in [0.05, 0.1) is 5.60 Å². The molecule has 0 spiro atoms. The number of nitrogens with one attached hydrogen (secondary N) is 1. The molecule has 1 unspecified atom stereocenters. The molecular weight excluding hydrogens is 210 g/mol. The van der Waals surface area contributed by atoms with Gasteiger partial charge in [-0.2, -0.15) is 0 Å². The number of methoxy groups -OCH3 is 1. The summed E-state index contributed by atoms with van der Waals surface area (Å²) in [5.74, 6) is 0. The minimum Gasteiger partial charge on any atom is -0.377 e. The van der Waals surface area contributed by atoms with E-state index in [9.17, 15) is 0 Å². The van der Waals surface area contributed by atoms with Crippen LogP contribution in [-0.4, -0.2) is 19.3 Å². The minimum absolute atomic E-state index is 0.0909. The van der Waals surface area contributed by atoms with Gasteiger partial charge >= 0.3 is 0 Å². The standard InChI is InChI=1S/C15H23NO/c1-15(2,17-3)11-16-14-10-6-8-12-7-4-5-9-13(12)14/h4-5,7,9,14,16H,6,8,10-11H2,1-3H3. The zero-order chi connectivity index (χ0) is 12.3. The van der Waals surface area contributed by atoms with E-state index in [0.29, 0.717) is 6.04 Å². The molecule has 2 rings (SSSR count). The molecule has 0 aliphatic heterocycles. The Kier molecular flexibility index (Phi) is 3.85. The highest BCUT2D eigenvalue weighted by Crippen LogP contribution is 2.29. The molecule has 0 heterocycles. The van der Waals surface area contributed by atoms with Crippen LogP contribution >= 0.6 is 0 Å². The van der Waals surface area contributed by atoms with Crippen molar-refractivity contribution in [3.05, 3.63) is 35.4 Å². The number of hydrogen-bond donors (Lipinski definition) is 1. The molecule has 0 bridgehead atoms. The highest BCUT2D eigenvalue weighted by molar-refractivity contribution is 5.32. The molecule has 2 nitrogen and oxygen atoms in total. The van der Waals surface area contributed by atoms with Crippen molar-refractivity contribution in [3.8, 4) is 0 Å². The molecule has 0 radical (unpaired) electrons. The Morgan fingerprint density at radius 3 is 2.88 bits per heavy atom. The Bertz CT molecular complexity index is 373. The lowest BCUT2D eigenvalue weighted by atomic mass is 9.87. The zero-order valence-electron chi connectivity index (χ0n) is 11.1. The number of benzene rings is 1. The Morgan fingerprint density at radius 2 is 2.12 bits per heavy atom. The maximum Gasteiger partial charge on any atom is 0.0746 e. The third-order valence-electron chi connectivity index (χ3n) is 3.70. The Labute approximate surface area is 104 Å². The zero-order valence-corrected chi connectivity index (χ0v) is 11.1. The van der Waals surface area contributed by atoms with Crippen molar-refractivity contribution in [2.24, 2.45) is 0 Å². The SMILES string of the molecule is COC(C)(C)CNC1CCCc2ccccc21. The first kappa shape index (κ1) is 12.6. The summed E-state index contributed by atoms with van der Waals surface area (Å²) >= 11 is 0. The first-order valence-electron chi connectivity index (χ1n) is 6.49. The molecule has 17 heavy (non-hydrogen) atoms. The van der Waals surface area contributed by atoms with E-state index in [1.807, 2.05) is 0 Å². The van der Waals surface area contributed by atoms with Gasteiger partial charge in [-0.25, -0.2) is 0 Å². The monoisotopic (exact) mass is 233 g/mol. The lowest BCUT2D eigenvalue weighted by Gasteiger charge is -2.30. The first-order valence-corrected chi connectivity index (χ1v) is 6.49. The van der Waals surface area contributed by atoms with Gasteiger partial charge in [0.2, 0.25) is 0 Å². The molecule has 1 N–H and O–H groups in total. The van der Waals surface area contributed by atoms with E-state index in [2.05, 4.69) is 43.4 Å². The molecule has 1 aromatic carbocycles. The van der Waals surface area contributed by atoms with E-state index in [4.69, 9.17) is 4.74 Å². The van der Waals surface area contributed by atoms with Crippen molar-refractivity contribution in [2.45, 2.75) is 44.8 Å². The van der Waals surface area contributed by atoms with Gasteiger partial charge in [0.25, 0.3) is 0 Å². The highest BCUT2D eigenvalue weighted by atomic mass is 16.5. The predicted molar refractivity (Wildman–Crippen MR) is 71.2 cm³/mol. The van der Waals surface area contributed by atoms with Crippen LogP contribution in [0, 0.1) is 0 Å². The molecule has 0 saturated carbocycles. The van der Waals surface area contributed by atoms with Gasteiger partial charge in [-0.3, -0.25) is 0 Å². The van der Waals surface area contributed by atoms with Gasteiger partial charge in [0.15, 0.2) is 0 Å². The molecule has 0 fully saturated rings. The normalized spacial score (nSPS) is 20.1. The summed E-state index contributed by atoms with van der Waals surface area (Å²) in [7, 11) is 1.77. The van der Waals surface area contributed by atoms with Gasteiger partial charge in [-0.1, -0.05) is 24.3 Å². The van der Waals surface area contributed by atoms with Gasteiger partial charge in [0, 0.05) is 19.7 Å². The van der Waals surface area contributed by atoms with E-state index < -0.39 is 0 Å². The summed E-state index contributed by atoms with van der Waals surface area (Å²) in [5.41, 5.74) is 2.89. The second-order valence-corrected chi connectivity index (χ2v) is 5.49. The topological polar surface area (TPSA) is 21.3 Å². The summed E-state index contributed by atoms with van der Waals surface area (Å²) in [6.45, 7) is 5.13. The molecule has 1 atom stereocenters. The fraction of sp³-hybridized carbons (Fsp3) is 0.600. The van der Waals surface area contributed by atoms with E-state index in [1.165, 1.54) is 30.4 Å². The number of hydrogen-bond acceptors (Lipinski definition) is 2. The van der Waals surface area contributed by atoms with Crippen molar-refractivity contribution < 1.29 is 4.74 Å². The Hall–Kier alpha value is -0.860.